The third-order valence-electron chi connectivity index (χ3n) is 7.34. The van der Waals surface area contributed by atoms with Gasteiger partial charge in [0, 0.05) is 23.7 Å². The van der Waals surface area contributed by atoms with E-state index >= 15 is 0 Å². The standard InChI is InChI=1S/C26H23N3O9/c1-36-16-6-4-5-13-20(16)26(32)22-21(25(13)31)23(28-34)14-9-12(15(30)11-27-33)10-17(19(14)24(22)29-35)38-18-7-2-3-8-37-18/h4-6,12,17-18H,2-3,7-11H2,1H3/t12?,17-,18+/m1/s1. The van der Waals surface area contributed by atoms with Crippen molar-refractivity contribution >= 4 is 28.7 Å². The fraction of sp³-hybridized carbons (Fsp3) is 0.423. The molecule has 0 radical (unpaired) electrons. The van der Waals surface area contributed by atoms with E-state index in [1.807, 2.05) is 0 Å². The van der Waals surface area contributed by atoms with Crippen LogP contribution in [0.25, 0.3) is 0 Å². The molecule has 0 bridgehead atoms. The van der Waals surface area contributed by atoms with Crippen LogP contribution in [-0.4, -0.2) is 43.9 Å². The lowest BCUT2D eigenvalue weighted by molar-refractivity contribution is -0.194. The third kappa shape index (κ3) is 4.05. The topological polar surface area (TPSA) is 167 Å². The Labute approximate surface area is 215 Å². The SMILES string of the molecule is COc1cccc2c1C(=O)c1c(N=O)c3c(c(N=O)c1C2=O)CC(C(=O)CN=O)C[C@H]3O[C@H]1CCCCO1. The number of carbonyl (C=O) groups excluding carboxylic acids is 3. The van der Waals surface area contributed by atoms with Gasteiger partial charge in [0.2, 0.25) is 5.78 Å². The number of fused-ring (bicyclic) bond motifs is 3. The molecule has 0 saturated carbocycles. The molecule has 0 aromatic heterocycles. The number of methoxy groups -OCH3 is 1. The van der Waals surface area contributed by atoms with E-state index in [4.69, 9.17) is 14.2 Å². The summed E-state index contributed by atoms with van der Waals surface area (Å²) in [6.45, 7) is -0.139. The van der Waals surface area contributed by atoms with Gasteiger partial charge < -0.3 is 14.2 Å². The van der Waals surface area contributed by atoms with Crippen LogP contribution in [0.1, 0.15) is 74.8 Å². The first-order valence-corrected chi connectivity index (χ1v) is 12.2. The highest BCUT2D eigenvalue weighted by Crippen LogP contribution is 2.52. The molecule has 2 aliphatic carbocycles. The second-order valence-electron chi connectivity index (χ2n) is 9.37. The van der Waals surface area contributed by atoms with Gasteiger partial charge in [-0.1, -0.05) is 17.3 Å². The van der Waals surface area contributed by atoms with E-state index in [1.165, 1.54) is 25.3 Å². The van der Waals surface area contributed by atoms with Crippen LogP contribution in [-0.2, 0) is 20.7 Å². The molecule has 38 heavy (non-hydrogen) atoms. The van der Waals surface area contributed by atoms with Crippen molar-refractivity contribution in [1.29, 1.82) is 0 Å². The van der Waals surface area contributed by atoms with Gasteiger partial charge in [-0.25, -0.2) is 0 Å². The molecule has 196 valence electrons. The average molecular weight is 521 g/mol. The smallest absolute Gasteiger partial charge is 0.200 e. The van der Waals surface area contributed by atoms with E-state index in [0.717, 1.165) is 12.8 Å². The predicted octanol–water partition coefficient (Wildman–Crippen LogP) is 4.75. The van der Waals surface area contributed by atoms with Crippen LogP contribution in [0.5, 0.6) is 5.75 Å². The maximum absolute atomic E-state index is 13.8. The van der Waals surface area contributed by atoms with Crippen molar-refractivity contribution in [2.75, 3.05) is 20.3 Å². The summed E-state index contributed by atoms with van der Waals surface area (Å²) in [5.74, 6) is -2.60. The molecule has 5 rings (SSSR count). The Morgan fingerprint density at radius 2 is 1.79 bits per heavy atom. The van der Waals surface area contributed by atoms with E-state index in [-0.39, 0.29) is 63.3 Å². The normalized spacial score (nSPS) is 22.1. The Morgan fingerprint density at radius 3 is 2.45 bits per heavy atom. The number of ketones is 3. The van der Waals surface area contributed by atoms with Gasteiger partial charge >= 0.3 is 0 Å². The molecule has 0 N–H and O–H groups in total. The highest BCUT2D eigenvalue weighted by molar-refractivity contribution is 6.32. The van der Waals surface area contributed by atoms with Crippen molar-refractivity contribution < 1.29 is 28.6 Å². The van der Waals surface area contributed by atoms with Crippen molar-refractivity contribution in [3.05, 3.63) is 66.3 Å². The molecule has 3 aliphatic rings. The van der Waals surface area contributed by atoms with Crippen molar-refractivity contribution in [2.45, 2.75) is 44.5 Å². The molecule has 12 nitrogen and oxygen atoms in total. The summed E-state index contributed by atoms with van der Waals surface area (Å²) in [5, 5.41) is 8.95. The Hall–Kier alpha value is -4.03. The number of ether oxygens (including phenoxy) is 3. The van der Waals surface area contributed by atoms with E-state index in [0.29, 0.717) is 13.0 Å². The molecule has 1 aliphatic heterocycles. The predicted molar refractivity (Wildman–Crippen MR) is 132 cm³/mol. The zero-order valence-corrected chi connectivity index (χ0v) is 20.4. The lowest BCUT2D eigenvalue weighted by atomic mass is 9.73. The molecule has 0 spiro atoms. The van der Waals surface area contributed by atoms with Crippen LogP contribution >= 0.6 is 0 Å². The summed E-state index contributed by atoms with van der Waals surface area (Å²) in [6.07, 6.45) is 0.481. The number of benzene rings is 2. The molecule has 1 unspecified atom stereocenters. The minimum atomic E-state index is -0.997. The van der Waals surface area contributed by atoms with Gasteiger partial charge in [0.05, 0.1) is 29.9 Å². The number of rotatable bonds is 8. The van der Waals surface area contributed by atoms with Gasteiger partial charge in [0.1, 0.15) is 23.7 Å². The van der Waals surface area contributed by atoms with Gasteiger partial charge in [-0.2, -0.15) is 4.91 Å². The molecular formula is C26H23N3O9. The fourth-order valence-electron chi connectivity index (χ4n) is 5.64. The average Bonchev–Trinajstić information content (AvgIpc) is 2.94. The zero-order valence-electron chi connectivity index (χ0n) is 20.4. The van der Waals surface area contributed by atoms with E-state index in [9.17, 15) is 29.1 Å². The van der Waals surface area contributed by atoms with Gasteiger partial charge in [-0.05, 0) is 54.1 Å². The lowest BCUT2D eigenvalue weighted by Crippen LogP contribution is -2.33. The minimum absolute atomic E-state index is 0.0134. The second-order valence-corrected chi connectivity index (χ2v) is 9.37. The van der Waals surface area contributed by atoms with E-state index < -0.39 is 42.2 Å². The van der Waals surface area contributed by atoms with Crippen molar-refractivity contribution in [3.63, 3.8) is 0 Å². The molecule has 12 heteroatoms. The van der Waals surface area contributed by atoms with Crippen LogP contribution in [0.15, 0.2) is 33.7 Å². The van der Waals surface area contributed by atoms with E-state index in [2.05, 4.69) is 15.5 Å². The van der Waals surface area contributed by atoms with Gasteiger partial charge in [0.25, 0.3) is 0 Å². The maximum Gasteiger partial charge on any atom is 0.200 e. The first kappa shape index (κ1) is 25.6. The highest BCUT2D eigenvalue weighted by atomic mass is 16.7. The Bertz CT molecular complexity index is 1380. The zero-order chi connectivity index (χ0) is 27.0. The Morgan fingerprint density at radius 1 is 1.03 bits per heavy atom. The summed E-state index contributed by atoms with van der Waals surface area (Å²) < 4.78 is 17.2. The molecule has 1 fully saturated rings. The van der Waals surface area contributed by atoms with Gasteiger partial charge in [-0.15, -0.1) is 9.81 Å². The number of hydrogen-bond donors (Lipinski definition) is 0. The molecule has 3 atom stereocenters. The molecule has 0 amide bonds. The monoisotopic (exact) mass is 521 g/mol. The first-order valence-electron chi connectivity index (χ1n) is 12.2. The van der Waals surface area contributed by atoms with E-state index in [1.54, 1.807) is 0 Å². The summed E-state index contributed by atoms with van der Waals surface area (Å²) >= 11 is 0. The Balaban J connectivity index is 1.76. The van der Waals surface area contributed by atoms with Crippen molar-refractivity contribution in [1.82, 2.24) is 0 Å². The molecule has 1 saturated heterocycles. The maximum atomic E-state index is 13.8. The van der Waals surface area contributed by atoms with Crippen LogP contribution in [0.2, 0.25) is 0 Å². The Kier molecular flexibility index (Phi) is 7.00. The number of carbonyl (C=O) groups is 3. The van der Waals surface area contributed by atoms with Crippen molar-refractivity contribution in [2.24, 2.45) is 21.4 Å². The summed E-state index contributed by atoms with van der Waals surface area (Å²) in [5.41, 5.74) is -1.26. The van der Waals surface area contributed by atoms with Crippen LogP contribution in [0.4, 0.5) is 11.4 Å². The summed E-state index contributed by atoms with van der Waals surface area (Å²) in [7, 11) is 1.34. The highest BCUT2D eigenvalue weighted by Gasteiger charge is 2.45. The first-order chi connectivity index (χ1) is 18.4. The molecule has 2 aromatic carbocycles. The summed E-state index contributed by atoms with van der Waals surface area (Å²) in [6, 6.07) is 4.44. The molecule has 2 aromatic rings. The minimum Gasteiger partial charge on any atom is -0.496 e. The van der Waals surface area contributed by atoms with Crippen LogP contribution < -0.4 is 4.74 Å². The second kappa shape index (κ2) is 10.4. The number of nitrogens with zero attached hydrogens (tertiary/aromatic N) is 3. The van der Waals surface area contributed by atoms with Crippen molar-refractivity contribution in [3.8, 4) is 5.75 Å². The number of hydrogen-bond acceptors (Lipinski definition) is 12. The summed E-state index contributed by atoms with van der Waals surface area (Å²) in [4.78, 5) is 75.6. The number of Topliss-reactive ketones (excluding diaryl/α,β-unsaturated/α-hetero) is 1. The van der Waals surface area contributed by atoms with Crippen LogP contribution in [0.3, 0.4) is 0 Å². The fourth-order valence-corrected chi connectivity index (χ4v) is 5.64. The molecular weight excluding hydrogens is 498 g/mol. The lowest BCUT2D eigenvalue weighted by Gasteiger charge is -2.36. The number of nitroso groups, excluding NO2 is 3. The third-order valence-corrected chi connectivity index (χ3v) is 7.34. The van der Waals surface area contributed by atoms with Gasteiger partial charge in [0.15, 0.2) is 17.9 Å². The van der Waals surface area contributed by atoms with Crippen LogP contribution in [0, 0.1) is 20.6 Å². The largest absolute Gasteiger partial charge is 0.496 e. The quantitative estimate of drug-likeness (QED) is 0.380. The molecule has 1 heterocycles. The van der Waals surface area contributed by atoms with Gasteiger partial charge in [-0.3, -0.25) is 14.4 Å².